The van der Waals surface area contributed by atoms with Crippen molar-refractivity contribution in [3.05, 3.63) is 30.0 Å². The van der Waals surface area contributed by atoms with E-state index >= 15 is 0 Å². The fourth-order valence-corrected chi connectivity index (χ4v) is 2.71. The van der Waals surface area contributed by atoms with Gasteiger partial charge in [-0.1, -0.05) is 18.2 Å². The Morgan fingerprint density at radius 1 is 1.38 bits per heavy atom. The summed E-state index contributed by atoms with van der Waals surface area (Å²) in [6, 6.07) is 6.89. The Morgan fingerprint density at radius 3 is 2.90 bits per heavy atom. The van der Waals surface area contributed by atoms with E-state index in [-0.39, 0.29) is 5.91 Å². The summed E-state index contributed by atoms with van der Waals surface area (Å²) >= 11 is 0. The van der Waals surface area contributed by atoms with Crippen molar-refractivity contribution in [2.75, 3.05) is 19.6 Å². The first kappa shape index (κ1) is 13.6. The number of aryl methyl sites for hydroxylation is 1. The van der Waals surface area contributed by atoms with Crippen LogP contribution in [0.2, 0.25) is 0 Å². The molecule has 2 aromatic rings. The molecule has 1 aliphatic rings. The van der Waals surface area contributed by atoms with Gasteiger partial charge in [0.1, 0.15) is 6.04 Å². The number of benzene rings is 1. The van der Waals surface area contributed by atoms with Crippen molar-refractivity contribution in [3.63, 3.8) is 0 Å². The Kier molecular flexibility index (Phi) is 3.34. The van der Waals surface area contributed by atoms with Crippen molar-refractivity contribution in [1.29, 1.82) is 0 Å². The maximum absolute atomic E-state index is 12.8. The monoisotopic (exact) mass is 287 g/mol. The minimum absolute atomic E-state index is 0.253. The largest absolute Gasteiger partial charge is 0.368 e. The first-order chi connectivity index (χ1) is 10.1. The Balaban J connectivity index is 2.01. The van der Waals surface area contributed by atoms with Gasteiger partial charge in [0, 0.05) is 32.1 Å². The maximum atomic E-state index is 12.8. The van der Waals surface area contributed by atoms with Crippen LogP contribution in [0.3, 0.4) is 0 Å². The third kappa shape index (κ3) is 2.25. The number of para-hydroxylation sites is 1. The van der Waals surface area contributed by atoms with Crippen molar-refractivity contribution >= 4 is 22.7 Å². The lowest BCUT2D eigenvalue weighted by Gasteiger charge is -2.33. The predicted octanol–water partition coefficient (Wildman–Crippen LogP) is -0.527. The van der Waals surface area contributed by atoms with Gasteiger partial charge in [0.15, 0.2) is 5.69 Å². The van der Waals surface area contributed by atoms with Gasteiger partial charge in [0.2, 0.25) is 5.91 Å². The summed E-state index contributed by atoms with van der Waals surface area (Å²) in [5.41, 5.74) is 6.64. The molecule has 0 aliphatic carbocycles. The van der Waals surface area contributed by atoms with Gasteiger partial charge in [0.25, 0.3) is 5.91 Å². The smallest absolute Gasteiger partial charge is 0.275 e. The molecule has 1 atom stereocenters. The van der Waals surface area contributed by atoms with E-state index in [1.807, 2.05) is 24.3 Å². The zero-order valence-electron chi connectivity index (χ0n) is 11.7. The maximum Gasteiger partial charge on any atom is 0.275 e. The van der Waals surface area contributed by atoms with E-state index < -0.39 is 11.9 Å². The molecule has 1 aromatic heterocycles. The molecule has 7 nitrogen and oxygen atoms in total. The molecule has 0 saturated carbocycles. The number of primary amides is 1. The Bertz CT molecular complexity index is 708. The van der Waals surface area contributed by atoms with Gasteiger partial charge >= 0.3 is 0 Å². The van der Waals surface area contributed by atoms with Crippen LogP contribution >= 0.6 is 0 Å². The highest BCUT2D eigenvalue weighted by Crippen LogP contribution is 2.20. The van der Waals surface area contributed by atoms with Gasteiger partial charge in [0.05, 0.1) is 5.52 Å². The molecule has 1 saturated heterocycles. The minimum Gasteiger partial charge on any atom is -0.368 e. The average molecular weight is 287 g/mol. The van der Waals surface area contributed by atoms with Crippen LogP contribution in [-0.2, 0) is 11.8 Å². The van der Waals surface area contributed by atoms with Crippen LogP contribution in [0.4, 0.5) is 0 Å². The number of nitrogens with zero attached hydrogens (tertiary/aromatic N) is 3. The molecule has 1 aliphatic heterocycles. The summed E-state index contributed by atoms with van der Waals surface area (Å²) in [4.78, 5) is 25.8. The van der Waals surface area contributed by atoms with Crippen LogP contribution in [0.25, 0.3) is 10.9 Å². The number of carbonyl (C=O) groups excluding carboxylic acids is 2. The highest BCUT2D eigenvalue weighted by molar-refractivity contribution is 6.06. The van der Waals surface area contributed by atoms with Gasteiger partial charge in [-0.25, -0.2) is 0 Å². The number of aromatic nitrogens is 2. The van der Waals surface area contributed by atoms with Crippen LogP contribution in [-0.4, -0.2) is 52.2 Å². The van der Waals surface area contributed by atoms with Crippen LogP contribution in [0.1, 0.15) is 10.5 Å². The van der Waals surface area contributed by atoms with E-state index in [4.69, 9.17) is 5.73 Å². The van der Waals surface area contributed by atoms with Crippen molar-refractivity contribution in [3.8, 4) is 0 Å². The number of amides is 2. The molecule has 21 heavy (non-hydrogen) atoms. The third-order valence-corrected chi connectivity index (χ3v) is 3.79. The van der Waals surface area contributed by atoms with Crippen molar-refractivity contribution in [2.45, 2.75) is 6.04 Å². The number of nitrogens with one attached hydrogen (secondary N) is 1. The number of carbonyl (C=O) groups is 2. The SMILES string of the molecule is Cn1nc(C(=O)N2CCNCC2C(N)=O)c2ccccc21. The molecule has 3 N–H and O–H groups in total. The summed E-state index contributed by atoms with van der Waals surface area (Å²) in [6.07, 6.45) is 0. The lowest BCUT2D eigenvalue weighted by molar-refractivity contribution is -0.122. The van der Waals surface area contributed by atoms with E-state index in [1.165, 1.54) is 4.90 Å². The van der Waals surface area contributed by atoms with Gasteiger partial charge in [-0.15, -0.1) is 0 Å². The molecule has 2 heterocycles. The number of hydrogen-bond donors (Lipinski definition) is 2. The van der Waals surface area contributed by atoms with Crippen LogP contribution in [0.5, 0.6) is 0 Å². The van der Waals surface area contributed by atoms with Gasteiger partial charge < -0.3 is 16.0 Å². The minimum atomic E-state index is -0.632. The lowest BCUT2D eigenvalue weighted by Crippen LogP contribution is -2.58. The van der Waals surface area contributed by atoms with E-state index in [0.29, 0.717) is 25.3 Å². The average Bonchev–Trinajstić information content (AvgIpc) is 2.84. The number of fused-ring (bicyclic) bond motifs is 1. The van der Waals surface area contributed by atoms with Crippen LogP contribution in [0.15, 0.2) is 24.3 Å². The van der Waals surface area contributed by atoms with E-state index in [1.54, 1.807) is 11.7 Å². The molecule has 7 heteroatoms. The zero-order valence-corrected chi connectivity index (χ0v) is 11.7. The summed E-state index contributed by atoms with van der Waals surface area (Å²) in [6.45, 7) is 1.46. The predicted molar refractivity (Wildman–Crippen MR) is 77.6 cm³/mol. The summed E-state index contributed by atoms with van der Waals surface area (Å²) in [5.74, 6) is -0.757. The fraction of sp³-hybridized carbons (Fsp3) is 0.357. The topological polar surface area (TPSA) is 93.2 Å². The molecular formula is C14H17N5O2. The van der Waals surface area contributed by atoms with Crippen LogP contribution in [0, 0.1) is 0 Å². The molecule has 110 valence electrons. The quantitative estimate of drug-likeness (QED) is 0.776. The van der Waals surface area contributed by atoms with E-state index in [9.17, 15) is 9.59 Å². The van der Waals surface area contributed by atoms with Crippen LogP contribution < -0.4 is 11.1 Å². The highest BCUT2D eigenvalue weighted by atomic mass is 16.2. The summed E-state index contributed by atoms with van der Waals surface area (Å²) in [7, 11) is 1.79. The Morgan fingerprint density at radius 2 is 2.14 bits per heavy atom. The Hall–Kier alpha value is -2.41. The first-order valence-electron chi connectivity index (χ1n) is 6.82. The second kappa shape index (κ2) is 5.17. The molecule has 1 unspecified atom stereocenters. The number of nitrogens with two attached hydrogens (primary N) is 1. The molecular weight excluding hydrogens is 270 g/mol. The van der Waals surface area contributed by atoms with Gasteiger partial charge in [-0.05, 0) is 6.07 Å². The second-order valence-corrected chi connectivity index (χ2v) is 5.11. The first-order valence-corrected chi connectivity index (χ1v) is 6.82. The highest BCUT2D eigenvalue weighted by Gasteiger charge is 2.33. The lowest BCUT2D eigenvalue weighted by atomic mass is 10.1. The van der Waals surface area contributed by atoms with E-state index in [2.05, 4.69) is 10.4 Å². The molecule has 2 amide bonds. The second-order valence-electron chi connectivity index (χ2n) is 5.11. The Labute approximate surface area is 121 Å². The number of hydrogen-bond acceptors (Lipinski definition) is 4. The third-order valence-electron chi connectivity index (χ3n) is 3.79. The molecule has 1 aromatic carbocycles. The van der Waals surface area contributed by atoms with Crippen molar-refractivity contribution in [2.24, 2.45) is 12.8 Å². The fourth-order valence-electron chi connectivity index (χ4n) is 2.71. The molecule has 0 radical (unpaired) electrons. The molecule has 1 fully saturated rings. The summed E-state index contributed by atoms with van der Waals surface area (Å²) in [5, 5.41) is 8.17. The molecule has 3 rings (SSSR count). The van der Waals surface area contributed by atoms with E-state index in [0.717, 1.165) is 10.9 Å². The number of rotatable bonds is 2. The van der Waals surface area contributed by atoms with Gasteiger partial charge in [-0.2, -0.15) is 5.10 Å². The number of piperazine rings is 1. The van der Waals surface area contributed by atoms with Crippen molar-refractivity contribution < 1.29 is 9.59 Å². The summed E-state index contributed by atoms with van der Waals surface area (Å²) < 4.78 is 1.67. The molecule has 0 spiro atoms. The molecule has 0 bridgehead atoms. The van der Waals surface area contributed by atoms with Crippen molar-refractivity contribution in [1.82, 2.24) is 20.0 Å². The normalized spacial score (nSPS) is 18.9. The van der Waals surface area contributed by atoms with Gasteiger partial charge in [-0.3, -0.25) is 14.3 Å². The zero-order chi connectivity index (χ0) is 15.0. The standard InChI is InChI=1S/C14H17N5O2/c1-18-10-5-3-2-4-9(10)12(17-18)14(21)19-7-6-16-8-11(19)13(15)20/h2-5,11,16H,6-8H2,1H3,(H2,15,20).